The molecule has 0 radical (unpaired) electrons. The molecule has 21 heavy (non-hydrogen) atoms. The summed E-state index contributed by atoms with van der Waals surface area (Å²) in [6, 6.07) is 4.82. The smallest absolute Gasteiger partial charge is 0.222 e. The minimum absolute atomic E-state index is 0.0367. The summed E-state index contributed by atoms with van der Waals surface area (Å²) in [6.45, 7) is 2.31. The number of amides is 1. The highest BCUT2D eigenvalue weighted by atomic mass is 35.5. The third kappa shape index (κ3) is 3.18. The maximum absolute atomic E-state index is 13.3. The molecule has 0 bridgehead atoms. The van der Waals surface area contributed by atoms with E-state index in [1.807, 2.05) is 11.5 Å². The van der Waals surface area contributed by atoms with Gasteiger partial charge in [-0.15, -0.1) is 11.6 Å². The predicted molar refractivity (Wildman–Crippen MR) is 79.7 cm³/mol. The minimum atomic E-state index is -0.326. The van der Waals surface area contributed by atoms with Crippen molar-refractivity contribution >= 4 is 28.5 Å². The molecule has 1 saturated carbocycles. The summed E-state index contributed by atoms with van der Waals surface area (Å²) in [5.74, 6) is 0.374. The Labute approximate surface area is 127 Å². The molecule has 1 aliphatic rings. The molecular weight excluding hydrogens is 293 g/mol. The molecule has 1 fully saturated rings. The van der Waals surface area contributed by atoms with Crippen molar-refractivity contribution in [1.82, 2.24) is 14.9 Å². The van der Waals surface area contributed by atoms with Gasteiger partial charge < -0.3 is 9.88 Å². The Bertz CT molecular complexity index is 679. The lowest BCUT2D eigenvalue weighted by Crippen LogP contribution is -2.26. The van der Waals surface area contributed by atoms with Crippen LogP contribution < -0.4 is 5.32 Å². The van der Waals surface area contributed by atoms with E-state index in [9.17, 15) is 9.18 Å². The van der Waals surface area contributed by atoms with Gasteiger partial charge in [-0.2, -0.15) is 0 Å². The average molecular weight is 310 g/mol. The number of rotatable bonds is 5. The molecule has 1 aromatic carbocycles. The second kappa shape index (κ2) is 5.64. The van der Waals surface area contributed by atoms with Gasteiger partial charge in [0.2, 0.25) is 5.91 Å². The Balaban J connectivity index is 1.84. The molecule has 112 valence electrons. The van der Waals surface area contributed by atoms with Gasteiger partial charge in [0.1, 0.15) is 11.6 Å². The first-order valence-corrected chi connectivity index (χ1v) is 7.57. The first-order chi connectivity index (χ1) is 10.0. The van der Waals surface area contributed by atoms with E-state index >= 15 is 0 Å². The van der Waals surface area contributed by atoms with Crippen LogP contribution in [0.1, 0.15) is 37.4 Å². The molecule has 1 heterocycles. The number of nitrogens with zero attached hydrogens (tertiary/aromatic N) is 2. The van der Waals surface area contributed by atoms with Crippen molar-refractivity contribution in [1.29, 1.82) is 0 Å². The predicted octanol–water partition coefficient (Wildman–Crippen LogP) is 3.14. The van der Waals surface area contributed by atoms with Crippen molar-refractivity contribution in [3.8, 4) is 0 Å². The zero-order chi connectivity index (χ0) is 15.0. The van der Waals surface area contributed by atoms with Crippen LogP contribution in [0.5, 0.6) is 0 Å². The second-order valence-corrected chi connectivity index (χ2v) is 6.12. The molecule has 1 atom stereocenters. The first-order valence-electron chi connectivity index (χ1n) is 7.13. The van der Waals surface area contributed by atoms with Crippen LogP contribution in [-0.2, 0) is 11.3 Å². The van der Waals surface area contributed by atoms with Crippen LogP contribution in [0.2, 0.25) is 0 Å². The van der Waals surface area contributed by atoms with E-state index in [2.05, 4.69) is 10.3 Å². The molecule has 1 aliphatic carbocycles. The molecule has 3 rings (SSSR count). The average Bonchev–Trinajstić information content (AvgIpc) is 3.15. The normalized spacial score (nSPS) is 16.1. The zero-order valence-electron chi connectivity index (χ0n) is 11.8. The van der Waals surface area contributed by atoms with Crippen LogP contribution in [0.3, 0.4) is 0 Å². The largest absolute Gasteiger partial charge is 0.353 e. The summed E-state index contributed by atoms with van der Waals surface area (Å²) < 4.78 is 15.2. The fraction of sp³-hybridized carbons (Fsp3) is 0.467. The number of alkyl halides is 1. The van der Waals surface area contributed by atoms with E-state index in [1.54, 1.807) is 6.07 Å². The summed E-state index contributed by atoms with van der Waals surface area (Å²) in [7, 11) is 0. The van der Waals surface area contributed by atoms with Crippen LogP contribution >= 0.6 is 11.6 Å². The van der Waals surface area contributed by atoms with Crippen molar-refractivity contribution in [3.63, 3.8) is 0 Å². The Hall–Kier alpha value is -1.62. The molecule has 1 unspecified atom stereocenters. The van der Waals surface area contributed by atoms with Gasteiger partial charge >= 0.3 is 0 Å². The summed E-state index contributed by atoms with van der Waals surface area (Å²) in [5, 5.41) is 2.66. The fourth-order valence-corrected chi connectivity index (χ4v) is 2.57. The molecule has 1 amide bonds. The van der Waals surface area contributed by atoms with Gasteiger partial charge in [-0.05, 0) is 31.9 Å². The van der Waals surface area contributed by atoms with Gasteiger partial charge in [-0.25, -0.2) is 9.37 Å². The van der Waals surface area contributed by atoms with Crippen molar-refractivity contribution in [2.24, 2.45) is 0 Å². The number of hydrogen-bond donors (Lipinski definition) is 1. The Kier molecular flexibility index (Phi) is 3.85. The van der Waals surface area contributed by atoms with Gasteiger partial charge in [0.05, 0.1) is 16.4 Å². The van der Waals surface area contributed by atoms with Crippen molar-refractivity contribution < 1.29 is 9.18 Å². The molecule has 2 aromatic rings. The van der Waals surface area contributed by atoms with E-state index in [0.29, 0.717) is 30.3 Å². The monoisotopic (exact) mass is 309 g/mol. The van der Waals surface area contributed by atoms with E-state index in [0.717, 1.165) is 18.4 Å². The summed E-state index contributed by atoms with van der Waals surface area (Å²) in [5.41, 5.74) is 1.37. The number of imidazole rings is 1. The highest BCUT2D eigenvalue weighted by molar-refractivity contribution is 6.20. The number of halogens is 2. The molecule has 0 aliphatic heterocycles. The third-order valence-corrected chi connectivity index (χ3v) is 3.80. The quantitative estimate of drug-likeness (QED) is 0.863. The van der Waals surface area contributed by atoms with E-state index in [1.165, 1.54) is 12.1 Å². The van der Waals surface area contributed by atoms with E-state index in [4.69, 9.17) is 11.6 Å². The standard InChI is InChI=1S/C15H17ClFN3O/c1-9(16)15-19-12-8-10(17)2-5-13(12)20(15)7-6-14(21)18-11-3-4-11/h2,5,8-9,11H,3-4,6-7H2,1H3,(H,18,21). The lowest BCUT2D eigenvalue weighted by molar-refractivity contribution is -0.121. The number of fused-ring (bicyclic) bond motifs is 1. The van der Waals surface area contributed by atoms with Crippen LogP contribution in [0.15, 0.2) is 18.2 Å². The number of carbonyl (C=O) groups is 1. The molecule has 4 nitrogen and oxygen atoms in total. The lowest BCUT2D eigenvalue weighted by Gasteiger charge is -2.10. The lowest BCUT2D eigenvalue weighted by atomic mass is 10.3. The maximum Gasteiger partial charge on any atom is 0.222 e. The number of aryl methyl sites for hydroxylation is 1. The van der Waals surface area contributed by atoms with E-state index in [-0.39, 0.29) is 17.1 Å². The number of hydrogen-bond acceptors (Lipinski definition) is 2. The summed E-state index contributed by atoms with van der Waals surface area (Å²) >= 11 is 6.15. The molecule has 6 heteroatoms. The minimum Gasteiger partial charge on any atom is -0.353 e. The number of benzene rings is 1. The van der Waals surface area contributed by atoms with Crippen LogP contribution in [0.25, 0.3) is 11.0 Å². The van der Waals surface area contributed by atoms with Crippen molar-refractivity contribution in [2.45, 2.75) is 44.1 Å². The number of nitrogens with one attached hydrogen (secondary N) is 1. The molecule has 1 N–H and O–H groups in total. The highest BCUT2D eigenvalue weighted by Crippen LogP contribution is 2.25. The SMILES string of the molecule is CC(Cl)c1nc2cc(F)ccc2n1CCC(=O)NC1CC1. The van der Waals surface area contributed by atoms with Gasteiger partial charge in [0.15, 0.2) is 0 Å². The Morgan fingerprint density at radius 3 is 3.00 bits per heavy atom. The van der Waals surface area contributed by atoms with E-state index < -0.39 is 0 Å². The Morgan fingerprint density at radius 1 is 1.57 bits per heavy atom. The van der Waals surface area contributed by atoms with Crippen molar-refractivity contribution in [2.75, 3.05) is 0 Å². The second-order valence-electron chi connectivity index (χ2n) is 5.46. The van der Waals surface area contributed by atoms with Crippen LogP contribution in [0.4, 0.5) is 4.39 Å². The first kappa shape index (κ1) is 14.3. The fourth-order valence-electron chi connectivity index (χ4n) is 2.40. The number of aromatic nitrogens is 2. The molecule has 1 aromatic heterocycles. The summed E-state index contributed by atoms with van der Waals surface area (Å²) in [6.07, 6.45) is 2.52. The van der Waals surface area contributed by atoms with Crippen LogP contribution in [0, 0.1) is 5.82 Å². The van der Waals surface area contributed by atoms with Crippen LogP contribution in [-0.4, -0.2) is 21.5 Å². The number of carbonyl (C=O) groups excluding carboxylic acids is 1. The molecular formula is C15H17ClFN3O. The molecule has 0 spiro atoms. The zero-order valence-corrected chi connectivity index (χ0v) is 12.5. The summed E-state index contributed by atoms with van der Waals surface area (Å²) in [4.78, 5) is 16.2. The topological polar surface area (TPSA) is 46.9 Å². The maximum atomic E-state index is 13.3. The highest BCUT2D eigenvalue weighted by Gasteiger charge is 2.23. The van der Waals surface area contributed by atoms with Gasteiger partial charge in [-0.3, -0.25) is 4.79 Å². The van der Waals surface area contributed by atoms with Gasteiger partial charge in [0.25, 0.3) is 0 Å². The molecule has 0 saturated heterocycles. The van der Waals surface area contributed by atoms with Gasteiger partial charge in [0, 0.05) is 25.1 Å². The Morgan fingerprint density at radius 2 is 2.33 bits per heavy atom. The van der Waals surface area contributed by atoms with Gasteiger partial charge in [-0.1, -0.05) is 0 Å². The third-order valence-electron chi connectivity index (χ3n) is 3.60. The van der Waals surface area contributed by atoms with Crippen molar-refractivity contribution in [3.05, 3.63) is 29.8 Å².